The van der Waals surface area contributed by atoms with Gasteiger partial charge in [0.15, 0.2) is 0 Å². The summed E-state index contributed by atoms with van der Waals surface area (Å²) in [6.07, 6.45) is 2.10. The monoisotopic (exact) mass is 411 g/mol. The van der Waals surface area contributed by atoms with Crippen LogP contribution in [0.2, 0.25) is 0 Å². The van der Waals surface area contributed by atoms with Gasteiger partial charge in [-0.2, -0.15) is 0 Å². The number of hydrogen-bond donors (Lipinski definition) is 1. The van der Waals surface area contributed by atoms with Gasteiger partial charge in [-0.05, 0) is 29.7 Å². The Morgan fingerprint density at radius 1 is 1.10 bits per heavy atom. The number of likely N-dealkylation sites (N-methyl/N-ethyl adjacent to an activating group) is 1. The fourth-order valence-electron chi connectivity index (χ4n) is 3.65. The number of carbonyl (C=O) groups is 3. The molecule has 158 valence electrons. The predicted molar refractivity (Wildman–Crippen MR) is 111 cm³/mol. The zero-order valence-electron chi connectivity index (χ0n) is 17.2. The molecule has 0 bridgehead atoms. The molecular formula is C23H26FN3O3. The fraction of sp³-hybridized carbons (Fsp3) is 0.348. The van der Waals surface area contributed by atoms with E-state index in [4.69, 9.17) is 0 Å². The van der Waals surface area contributed by atoms with Crippen LogP contribution >= 0.6 is 0 Å². The number of unbranched alkanes of at least 4 members (excludes halogenated alkanes) is 1. The van der Waals surface area contributed by atoms with Crippen molar-refractivity contribution < 1.29 is 18.8 Å². The summed E-state index contributed by atoms with van der Waals surface area (Å²) in [4.78, 5) is 41.1. The molecule has 0 radical (unpaired) electrons. The second kappa shape index (κ2) is 9.07. The summed E-state index contributed by atoms with van der Waals surface area (Å²) in [5.74, 6) is -1.13. The van der Waals surface area contributed by atoms with E-state index in [1.165, 1.54) is 17.0 Å². The molecule has 1 unspecified atom stereocenters. The first-order valence-electron chi connectivity index (χ1n) is 10.1. The first-order chi connectivity index (χ1) is 14.4. The Labute approximate surface area is 175 Å². The molecule has 1 aliphatic rings. The Morgan fingerprint density at radius 2 is 1.77 bits per heavy atom. The highest BCUT2D eigenvalue weighted by Gasteiger charge is 2.52. The first kappa shape index (κ1) is 21.5. The molecule has 7 heteroatoms. The maximum absolute atomic E-state index is 13.3. The van der Waals surface area contributed by atoms with Crippen LogP contribution in [0.3, 0.4) is 0 Å². The van der Waals surface area contributed by atoms with Crippen molar-refractivity contribution in [2.75, 3.05) is 13.6 Å². The van der Waals surface area contributed by atoms with Crippen molar-refractivity contribution >= 4 is 17.8 Å². The highest BCUT2D eigenvalue weighted by atomic mass is 19.1. The molecule has 1 saturated heterocycles. The van der Waals surface area contributed by atoms with Crippen LogP contribution in [0.15, 0.2) is 54.6 Å². The van der Waals surface area contributed by atoms with Crippen LogP contribution < -0.4 is 5.32 Å². The van der Waals surface area contributed by atoms with Gasteiger partial charge in [-0.1, -0.05) is 62.2 Å². The number of rotatable bonds is 8. The van der Waals surface area contributed by atoms with Gasteiger partial charge in [0, 0.05) is 13.6 Å². The first-order valence-corrected chi connectivity index (χ1v) is 10.1. The number of nitrogens with zero attached hydrogens (tertiary/aromatic N) is 2. The average Bonchev–Trinajstić information content (AvgIpc) is 2.99. The quantitative estimate of drug-likeness (QED) is 0.677. The predicted octanol–water partition coefficient (Wildman–Crippen LogP) is 3.42. The summed E-state index contributed by atoms with van der Waals surface area (Å²) in [7, 11) is 1.59. The molecule has 2 aromatic carbocycles. The standard InChI is InChI=1S/C23H26FN3O3/c1-3-4-14-23(18-8-6-5-7-9-18)21(29)27(22(30)25-23)16-20(28)26(2)15-17-10-12-19(24)13-11-17/h5-13H,3-4,14-16H2,1-2H3,(H,25,30). The Morgan fingerprint density at radius 3 is 2.40 bits per heavy atom. The maximum atomic E-state index is 13.3. The molecule has 0 aliphatic carbocycles. The van der Waals surface area contributed by atoms with Crippen LogP contribution in [0.1, 0.15) is 37.3 Å². The van der Waals surface area contributed by atoms with Gasteiger partial charge in [0.05, 0.1) is 0 Å². The van der Waals surface area contributed by atoms with Crippen LogP contribution in [0.25, 0.3) is 0 Å². The molecule has 1 atom stereocenters. The minimum Gasteiger partial charge on any atom is -0.340 e. The molecule has 1 N–H and O–H groups in total. The molecule has 4 amide bonds. The second-order valence-corrected chi connectivity index (χ2v) is 7.57. The van der Waals surface area contributed by atoms with Gasteiger partial charge in [-0.15, -0.1) is 0 Å². The van der Waals surface area contributed by atoms with Crippen molar-refractivity contribution in [3.8, 4) is 0 Å². The minimum atomic E-state index is -1.15. The highest BCUT2D eigenvalue weighted by Crippen LogP contribution is 2.34. The number of amides is 4. The molecule has 2 aromatic rings. The van der Waals surface area contributed by atoms with E-state index in [1.807, 2.05) is 37.3 Å². The summed E-state index contributed by atoms with van der Waals surface area (Å²) >= 11 is 0. The number of urea groups is 1. The molecular weight excluding hydrogens is 385 g/mol. The zero-order chi connectivity index (χ0) is 21.7. The number of imide groups is 1. The number of benzene rings is 2. The van der Waals surface area contributed by atoms with E-state index in [9.17, 15) is 18.8 Å². The van der Waals surface area contributed by atoms with E-state index in [-0.39, 0.29) is 24.8 Å². The van der Waals surface area contributed by atoms with E-state index in [2.05, 4.69) is 5.32 Å². The van der Waals surface area contributed by atoms with Crippen LogP contribution in [0.5, 0.6) is 0 Å². The van der Waals surface area contributed by atoms with Gasteiger partial charge < -0.3 is 10.2 Å². The molecule has 1 aliphatic heterocycles. The van der Waals surface area contributed by atoms with Gasteiger partial charge in [0.1, 0.15) is 17.9 Å². The van der Waals surface area contributed by atoms with Gasteiger partial charge in [0.2, 0.25) is 5.91 Å². The third-order valence-electron chi connectivity index (χ3n) is 5.40. The lowest BCUT2D eigenvalue weighted by Crippen LogP contribution is -2.45. The molecule has 0 aromatic heterocycles. The maximum Gasteiger partial charge on any atom is 0.325 e. The van der Waals surface area contributed by atoms with Crippen molar-refractivity contribution in [3.05, 3.63) is 71.5 Å². The van der Waals surface area contributed by atoms with Crippen molar-refractivity contribution in [2.24, 2.45) is 0 Å². The lowest BCUT2D eigenvalue weighted by atomic mass is 9.85. The topological polar surface area (TPSA) is 69.7 Å². The number of carbonyl (C=O) groups excluding carboxylic acids is 3. The average molecular weight is 411 g/mol. The van der Waals surface area contributed by atoms with Gasteiger partial charge in [-0.25, -0.2) is 9.18 Å². The summed E-state index contributed by atoms with van der Waals surface area (Å²) in [5, 5.41) is 2.84. The molecule has 0 saturated carbocycles. The normalized spacial score (nSPS) is 18.4. The van der Waals surface area contributed by atoms with Crippen LogP contribution in [0, 0.1) is 5.82 Å². The Balaban J connectivity index is 1.75. The lowest BCUT2D eigenvalue weighted by molar-refractivity contribution is -0.139. The highest BCUT2D eigenvalue weighted by molar-refractivity contribution is 6.09. The molecule has 6 nitrogen and oxygen atoms in total. The third-order valence-corrected chi connectivity index (χ3v) is 5.40. The van der Waals surface area contributed by atoms with Crippen molar-refractivity contribution in [1.29, 1.82) is 0 Å². The third kappa shape index (κ3) is 4.35. The Bertz CT molecular complexity index is 917. The van der Waals surface area contributed by atoms with Crippen molar-refractivity contribution in [1.82, 2.24) is 15.1 Å². The number of halogens is 1. The number of nitrogens with one attached hydrogen (secondary N) is 1. The zero-order valence-corrected chi connectivity index (χ0v) is 17.2. The van der Waals surface area contributed by atoms with Crippen molar-refractivity contribution in [3.63, 3.8) is 0 Å². The Hall–Kier alpha value is -3.22. The lowest BCUT2D eigenvalue weighted by Gasteiger charge is -2.27. The Kier molecular flexibility index (Phi) is 6.50. The van der Waals surface area contributed by atoms with Gasteiger partial charge in [-0.3, -0.25) is 14.5 Å². The molecule has 0 spiro atoms. The summed E-state index contributed by atoms with van der Waals surface area (Å²) in [5.41, 5.74) is 0.321. The van der Waals surface area contributed by atoms with Gasteiger partial charge in [0.25, 0.3) is 5.91 Å². The molecule has 1 fully saturated rings. The summed E-state index contributed by atoms with van der Waals surface area (Å²) < 4.78 is 13.1. The van der Waals surface area contributed by atoms with E-state index in [0.717, 1.165) is 23.3 Å². The smallest absolute Gasteiger partial charge is 0.325 e. The largest absolute Gasteiger partial charge is 0.340 e. The molecule has 3 rings (SSSR count). The van der Waals surface area contributed by atoms with Crippen LogP contribution in [-0.4, -0.2) is 41.2 Å². The van der Waals surface area contributed by atoms with Gasteiger partial charge >= 0.3 is 6.03 Å². The van der Waals surface area contributed by atoms with E-state index in [0.29, 0.717) is 12.0 Å². The summed E-state index contributed by atoms with van der Waals surface area (Å²) in [6.45, 7) is 1.93. The van der Waals surface area contributed by atoms with E-state index in [1.54, 1.807) is 19.2 Å². The number of hydrogen-bond acceptors (Lipinski definition) is 3. The SMILES string of the molecule is CCCCC1(c2ccccc2)NC(=O)N(CC(=O)N(C)Cc2ccc(F)cc2)C1=O. The fourth-order valence-corrected chi connectivity index (χ4v) is 3.65. The van der Waals surface area contributed by atoms with Crippen molar-refractivity contribution in [2.45, 2.75) is 38.3 Å². The molecule has 30 heavy (non-hydrogen) atoms. The minimum absolute atomic E-state index is 0.252. The van der Waals surface area contributed by atoms with E-state index >= 15 is 0 Å². The van der Waals surface area contributed by atoms with Crippen LogP contribution in [0.4, 0.5) is 9.18 Å². The van der Waals surface area contributed by atoms with Crippen LogP contribution in [-0.2, 0) is 21.7 Å². The summed E-state index contributed by atoms with van der Waals surface area (Å²) in [6, 6.07) is 14.4. The van der Waals surface area contributed by atoms with E-state index < -0.39 is 17.5 Å². The molecule has 1 heterocycles. The second-order valence-electron chi connectivity index (χ2n) is 7.57.